The van der Waals surface area contributed by atoms with Gasteiger partial charge < -0.3 is 19.7 Å². The number of anilines is 1. The molecule has 126 valence electrons. The van der Waals surface area contributed by atoms with E-state index in [0.717, 1.165) is 13.0 Å². The Bertz CT molecular complexity index is 675. The Hall–Kier alpha value is -2.69. The molecule has 0 radical (unpaired) electrons. The van der Waals surface area contributed by atoms with Gasteiger partial charge in [0, 0.05) is 25.8 Å². The summed E-state index contributed by atoms with van der Waals surface area (Å²) in [5.74, 6) is 1.17. The van der Waals surface area contributed by atoms with Crippen LogP contribution in [0.1, 0.15) is 6.42 Å². The topological polar surface area (TPSA) is 50.8 Å². The lowest BCUT2D eigenvalue weighted by atomic mass is 10.2. The molecule has 5 heteroatoms. The van der Waals surface area contributed by atoms with E-state index in [1.54, 1.807) is 0 Å². The largest absolute Gasteiger partial charge is 0.485 e. The van der Waals surface area contributed by atoms with Crippen LogP contribution in [0.4, 0.5) is 5.69 Å². The highest BCUT2D eigenvalue weighted by molar-refractivity contribution is 5.81. The summed E-state index contributed by atoms with van der Waals surface area (Å²) in [7, 11) is 2.05. The highest BCUT2D eigenvalue weighted by Gasteiger charge is 2.26. The van der Waals surface area contributed by atoms with Crippen LogP contribution in [0.25, 0.3) is 0 Å². The molecule has 24 heavy (non-hydrogen) atoms. The van der Waals surface area contributed by atoms with E-state index in [4.69, 9.17) is 9.47 Å². The van der Waals surface area contributed by atoms with Crippen molar-refractivity contribution in [2.75, 3.05) is 31.6 Å². The number of hydrogen-bond donors (Lipinski definition) is 1. The van der Waals surface area contributed by atoms with Gasteiger partial charge in [-0.25, -0.2) is 0 Å². The van der Waals surface area contributed by atoms with Gasteiger partial charge in [0.1, 0.15) is 6.61 Å². The number of fused-ring (bicyclic) bond motifs is 1. The fraction of sp³-hybridized carbons (Fsp3) is 0.316. The van der Waals surface area contributed by atoms with Crippen molar-refractivity contribution in [1.29, 1.82) is 0 Å². The molecule has 1 unspecified atom stereocenters. The molecule has 2 aromatic carbocycles. The molecule has 1 atom stereocenters. The number of nitrogens with one attached hydrogen (secondary N) is 1. The van der Waals surface area contributed by atoms with Gasteiger partial charge in [-0.05, 0) is 30.7 Å². The van der Waals surface area contributed by atoms with Crippen molar-refractivity contribution in [3.63, 3.8) is 0 Å². The monoisotopic (exact) mass is 326 g/mol. The van der Waals surface area contributed by atoms with Crippen molar-refractivity contribution in [1.82, 2.24) is 5.32 Å². The molecular formula is C19H22N2O3. The van der Waals surface area contributed by atoms with Crippen molar-refractivity contribution in [3.8, 4) is 11.5 Å². The molecule has 1 amide bonds. The van der Waals surface area contributed by atoms with E-state index < -0.39 is 6.10 Å². The SMILES string of the molecule is CN(CCCNC(=O)C1COc2ccccc2O1)c1ccccc1. The zero-order valence-electron chi connectivity index (χ0n) is 13.8. The van der Waals surface area contributed by atoms with Gasteiger partial charge >= 0.3 is 0 Å². The summed E-state index contributed by atoms with van der Waals surface area (Å²) in [6.45, 7) is 1.72. The molecule has 1 aliphatic rings. The van der Waals surface area contributed by atoms with E-state index in [1.165, 1.54) is 5.69 Å². The molecule has 1 aliphatic heterocycles. The number of carbonyl (C=O) groups excluding carboxylic acids is 1. The summed E-state index contributed by atoms with van der Waals surface area (Å²) >= 11 is 0. The normalized spacial score (nSPS) is 15.6. The van der Waals surface area contributed by atoms with Crippen molar-refractivity contribution in [2.24, 2.45) is 0 Å². The number of nitrogens with zero attached hydrogens (tertiary/aromatic N) is 1. The first kappa shape index (κ1) is 16.2. The molecular weight excluding hydrogens is 304 g/mol. The highest BCUT2D eigenvalue weighted by atomic mass is 16.6. The van der Waals surface area contributed by atoms with Crippen molar-refractivity contribution < 1.29 is 14.3 Å². The second-order valence-electron chi connectivity index (χ2n) is 5.77. The fourth-order valence-electron chi connectivity index (χ4n) is 2.60. The average molecular weight is 326 g/mol. The fourth-order valence-corrected chi connectivity index (χ4v) is 2.60. The summed E-state index contributed by atoms with van der Waals surface area (Å²) in [6, 6.07) is 17.6. The molecule has 0 saturated carbocycles. The summed E-state index contributed by atoms with van der Waals surface area (Å²) < 4.78 is 11.3. The van der Waals surface area contributed by atoms with Crippen LogP contribution in [0.3, 0.4) is 0 Å². The van der Waals surface area contributed by atoms with Crippen LogP contribution in [0.2, 0.25) is 0 Å². The highest BCUT2D eigenvalue weighted by Crippen LogP contribution is 2.30. The third kappa shape index (κ3) is 3.98. The summed E-state index contributed by atoms with van der Waals surface area (Å²) in [5, 5.41) is 2.92. The minimum atomic E-state index is -0.591. The molecule has 2 aromatic rings. The quantitative estimate of drug-likeness (QED) is 0.829. The third-order valence-corrected chi connectivity index (χ3v) is 3.97. The molecule has 0 spiro atoms. The van der Waals surface area contributed by atoms with Gasteiger partial charge in [-0.15, -0.1) is 0 Å². The van der Waals surface area contributed by atoms with Crippen molar-refractivity contribution in [2.45, 2.75) is 12.5 Å². The summed E-state index contributed by atoms with van der Waals surface area (Å²) in [5.41, 5.74) is 1.17. The Labute approximate surface area is 142 Å². The smallest absolute Gasteiger partial charge is 0.264 e. The minimum Gasteiger partial charge on any atom is -0.485 e. The van der Waals surface area contributed by atoms with E-state index >= 15 is 0 Å². The molecule has 0 saturated heterocycles. The summed E-state index contributed by atoms with van der Waals surface area (Å²) in [4.78, 5) is 14.4. The minimum absolute atomic E-state index is 0.133. The number of hydrogen-bond acceptors (Lipinski definition) is 4. The zero-order valence-corrected chi connectivity index (χ0v) is 13.8. The number of rotatable bonds is 6. The molecule has 0 aromatic heterocycles. The molecule has 0 aliphatic carbocycles. The van der Waals surface area contributed by atoms with Gasteiger partial charge in [0.15, 0.2) is 11.5 Å². The summed E-state index contributed by atoms with van der Waals surface area (Å²) in [6.07, 6.45) is 0.271. The lowest BCUT2D eigenvalue weighted by Gasteiger charge is -2.25. The lowest BCUT2D eigenvalue weighted by Crippen LogP contribution is -2.44. The van der Waals surface area contributed by atoms with Crippen LogP contribution < -0.4 is 19.7 Å². The standard InChI is InChI=1S/C19H22N2O3/c1-21(15-8-3-2-4-9-15)13-7-12-20-19(22)18-14-23-16-10-5-6-11-17(16)24-18/h2-6,8-11,18H,7,12-14H2,1H3,(H,20,22). The third-order valence-electron chi connectivity index (χ3n) is 3.97. The second-order valence-corrected chi connectivity index (χ2v) is 5.77. The van der Waals surface area contributed by atoms with Gasteiger partial charge in [-0.3, -0.25) is 4.79 Å². The van der Waals surface area contributed by atoms with E-state index in [0.29, 0.717) is 18.0 Å². The zero-order chi connectivity index (χ0) is 16.8. The number of ether oxygens (including phenoxy) is 2. The molecule has 5 nitrogen and oxygen atoms in total. The number of benzene rings is 2. The number of amides is 1. The Morgan fingerprint density at radius 1 is 1.12 bits per heavy atom. The second kappa shape index (κ2) is 7.73. The molecule has 3 rings (SSSR count). The Morgan fingerprint density at radius 3 is 2.62 bits per heavy atom. The van der Waals surface area contributed by atoms with Crippen LogP contribution in [-0.2, 0) is 4.79 Å². The van der Waals surface area contributed by atoms with Crippen LogP contribution in [0, 0.1) is 0 Å². The van der Waals surface area contributed by atoms with E-state index in [9.17, 15) is 4.79 Å². The maximum Gasteiger partial charge on any atom is 0.264 e. The van der Waals surface area contributed by atoms with E-state index in [-0.39, 0.29) is 12.5 Å². The van der Waals surface area contributed by atoms with E-state index in [2.05, 4.69) is 22.3 Å². The molecule has 1 heterocycles. The number of para-hydroxylation sites is 3. The Kier molecular flexibility index (Phi) is 5.21. The van der Waals surface area contributed by atoms with Gasteiger partial charge in [-0.2, -0.15) is 0 Å². The maximum absolute atomic E-state index is 12.2. The number of carbonyl (C=O) groups is 1. The molecule has 0 bridgehead atoms. The van der Waals surface area contributed by atoms with E-state index in [1.807, 2.05) is 49.5 Å². The lowest BCUT2D eigenvalue weighted by molar-refractivity contribution is -0.130. The van der Waals surface area contributed by atoms with Crippen LogP contribution in [-0.4, -0.2) is 38.8 Å². The van der Waals surface area contributed by atoms with Gasteiger partial charge in [-0.1, -0.05) is 30.3 Å². The van der Waals surface area contributed by atoms with Crippen LogP contribution in [0.15, 0.2) is 54.6 Å². The predicted molar refractivity (Wildman–Crippen MR) is 93.7 cm³/mol. The predicted octanol–water partition coefficient (Wildman–Crippen LogP) is 2.47. The Balaban J connectivity index is 1.40. The van der Waals surface area contributed by atoms with Crippen LogP contribution >= 0.6 is 0 Å². The van der Waals surface area contributed by atoms with Gasteiger partial charge in [0.25, 0.3) is 5.91 Å². The van der Waals surface area contributed by atoms with Crippen molar-refractivity contribution >= 4 is 11.6 Å². The van der Waals surface area contributed by atoms with Gasteiger partial charge in [0.2, 0.25) is 6.10 Å². The molecule has 0 fully saturated rings. The molecule has 1 N–H and O–H groups in total. The average Bonchev–Trinajstić information content (AvgIpc) is 2.65. The first-order valence-corrected chi connectivity index (χ1v) is 8.16. The van der Waals surface area contributed by atoms with Crippen molar-refractivity contribution in [3.05, 3.63) is 54.6 Å². The maximum atomic E-state index is 12.2. The Morgan fingerprint density at radius 2 is 1.83 bits per heavy atom. The first-order valence-electron chi connectivity index (χ1n) is 8.16. The first-order chi connectivity index (χ1) is 11.7. The van der Waals surface area contributed by atoms with Crippen LogP contribution in [0.5, 0.6) is 11.5 Å². The van der Waals surface area contributed by atoms with Gasteiger partial charge in [0.05, 0.1) is 0 Å².